The number of nitrogens with zero attached hydrogens (tertiary/aromatic N) is 2. The Bertz CT molecular complexity index is 261. The molecule has 1 aliphatic heterocycles. The van der Waals surface area contributed by atoms with Crippen LogP contribution >= 0.6 is 11.9 Å². The van der Waals surface area contributed by atoms with Crippen molar-refractivity contribution in [1.82, 2.24) is 9.29 Å². The average Bonchev–Trinajstić information content (AvgIpc) is 2.46. The van der Waals surface area contributed by atoms with Crippen molar-refractivity contribution in [2.45, 2.75) is 31.5 Å². The zero-order valence-electron chi connectivity index (χ0n) is 7.32. The second kappa shape index (κ2) is 3.07. The van der Waals surface area contributed by atoms with Gasteiger partial charge in [-0.15, -0.1) is 0 Å². The van der Waals surface area contributed by atoms with Crippen LogP contribution in [0.1, 0.15) is 19.4 Å². The summed E-state index contributed by atoms with van der Waals surface area (Å²) in [7, 11) is 0. The van der Waals surface area contributed by atoms with Crippen molar-refractivity contribution < 1.29 is 0 Å². The summed E-state index contributed by atoms with van der Waals surface area (Å²) >= 11 is 1.77. The van der Waals surface area contributed by atoms with E-state index in [0.29, 0.717) is 6.04 Å². The molecule has 0 N–H and O–H groups in total. The summed E-state index contributed by atoms with van der Waals surface area (Å²) in [4.78, 5) is 4.31. The molecule has 12 heavy (non-hydrogen) atoms. The lowest BCUT2D eigenvalue weighted by molar-refractivity contribution is 0.401. The van der Waals surface area contributed by atoms with Crippen molar-refractivity contribution in [2.24, 2.45) is 0 Å². The first-order chi connectivity index (χ1) is 5.77. The first kappa shape index (κ1) is 8.08. The van der Waals surface area contributed by atoms with Gasteiger partial charge >= 0.3 is 0 Å². The van der Waals surface area contributed by atoms with Gasteiger partial charge in [0.25, 0.3) is 0 Å². The van der Waals surface area contributed by atoms with E-state index < -0.39 is 0 Å². The van der Waals surface area contributed by atoms with Crippen LogP contribution in [-0.4, -0.2) is 15.3 Å². The summed E-state index contributed by atoms with van der Waals surface area (Å²) in [6.07, 6.45) is 1.86. The molecule has 0 aliphatic carbocycles. The molecule has 3 heteroatoms. The smallest absolute Gasteiger partial charge is 0.116 e. The highest BCUT2D eigenvalue weighted by atomic mass is 32.2. The van der Waals surface area contributed by atoms with Crippen LogP contribution in [0.3, 0.4) is 0 Å². The SMILES string of the molecule is CC(C)N1Cc2cccnc2S1. The predicted molar refractivity (Wildman–Crippen MR) is 50.8 cm³/mol. The van der Waals surface area contributed by atoms with Crippen molar-refractivity contribution in [3.63, 3.8) is 0 Å². The van der Waals surface area contributed by atoms with Gasteiger partial charge in [-0.3, -0.25) is 0 Å². The van der Waals surface area contributed by atoms with Gasteiger partial charge in [0.05, 0.1) is 0 Å². The summed E-state index contributed by atoms with van der Waals surface area (Å²) < 4.78 is 2.34. The standard InChI is InChI=1S/C9H12N2S/c1-7(2)11-6-8-4-3-5-10-9(8)12-11/h3-5,7H,6H2,1-2H3. The highest BCUT2D eigenvalue weighted by Crippen LogP contribution is 2.34. The van der Waals surface area contributed by atoms with Gasteiger partial charge in [0.2, 0.25) is 0 Å². The summed E-state index contributed by atoms with van der Waals surface area (Å²) in [5, 5.41) is 1.17. The second-order valence-corrected chi connectivity index (χ2v) is 4.27. The quantitative estimate of drug-likeness (QED) is 0.617. The molecule has 0 unspecified atom stereocenters. The number of fused-ring (bicyclic) bond motifs is 1. The zero-order valence-corrected chi connectivity index (χ0v) is 8.14. The van der Waals surface area contributed by atoms with Crippen LogP contribution < -0.4 is 0 Å². The minimum absolute atomic E-state index is 0.587. The Balaban J connectivity index is 2.22. The van der Waals surface area contributed by atoms with Gasteiger partial charge in [-0.25, -0.2) is 9.29 Å². The van der Waals surface area contributed by atoms with Crippen LogP contribution in [-0.2, 0) is 6.54 Å². The molecule has 0 spiro atoms. The van der Waals surface area contributed by atoms with Crippen LogP contribution in [0.2, 0.25) is 0 Å². The lowest BCUT2D eigenvalue weighted by Crippen LogP contribution is -2.18. The van der Waals surface area contributed by atoms with E-state index in [1.807, 2.05) is 12.3 Å². The van der Waals surface area contributed by atoms with E-state index >= 15 is 0 Å². The third kappa shape index (κ3) is 1.34. The first-order valence-corrected chi connectivity index (χ1v) is 4.93. The molecular formula is C9H12N2S. The largest absolute Gasteiger partial charge is 0.248 e. The Morgan fingerprint density at radius 2 is 2.42 bits per heavy atom. The summed E-state index contributed by atoms with van der Waals surface area (Å²) in [6, 6.07) is 4.74. The molecule has 0 saturated heterocycles. The maximum atomic E-state index is 4.31. The van der Waals surface area contributed by atoms with Gasteiger partial charge in [-0.1, -0.05) is 6.07 Å². The van der Waals surface area contributed by atoms with Gasteiger partial charge in [0.15, 0.2) is 0 Å². The maximum absolute atomic E-state index is 4.31. The van der Waals surface area contributed by atoms with E-state index in [0.717, 1.165) is 6.54 Å². The van der Waals surface area contributed by atoms with Gasteiger partial charge in [0, 0.05) is 24.3 Å². The van der Waals surface area contributed by atoms with E-state index in [9.17, 15) is 0 Å². The lowest BCUT2D eigenvalue weighted by atomic mass is 10.2. The van der Waals surface area contributed by atoms with Crippen molar-refractivity contribution in [2.75, 3.05) is 0 Å². The van der Waals surface area contributed by atoms with Gasteiger partial charge < -0.3 is 0 Å². The Morgan fingerprint density at radius 3 is 3.08 bits per heavy atom. The summed E-state index contributed by atoms with van der Waals surface area (Å²) in [5.74, 6) is 0. The average molecular weight is 180 g/mol. The van der Waals surface area contributed by atoms with Crippen molar-refractivity contribution in [1.29, 1.82) is 0 Å². The molecule has 0 bridgehead atoms. The monoisotopic (exact) mass is 180 g/mol. The van der Waals surface area contributed by atoms with Gasteiger partial charge in [-0.2, -0.15) is 0 Å². The third-order valence-corrected chi connectivity index (χ3v) is 3.28. The second-order valence-electron chi connectivity index (χ2n) is 3.23. The fourth-order valence-electron chi connectivity index (χ4n) is 1.23. The first-order valence-electron chi connectivity index (χ1n) is 4.16. The van der Waals surface area contributed by atoms with Crippen molar-refractivity contribution in [3.8, 4) is 0 Å². The molecular weight excluding hydrogens is 168 g/mol. The normalized spacial score (nSPS) is 16.9. The lowest BCUT2D eigenvalue weighted by Gasteiger charge is -2.16. The highest BCUT2D eigenvalue weighted by molar-refractivity contribution is 7.97. The van der Waals surface area contributed by atoms with Crippen LogP contribution in [0, 0.1) is 0 Å². The van der Waals surface area contributed by atoms with Crippen LogP contribution in [0.15, 0.2) is 23.4 Å². The topological polar surface area (TPSA) is 16.1 Å². The highest BCUT2D eigenvalue weighted by Gasteiger charge is 2.22. The van der Waals surface area contributed by atoms with E-state index in [2.05, 4.69) is 29.2 Å². The molecule has 2 rings (SSSR count). The van der Waals surface area contributed by atoms with Gasteiger partial charge in [0.1, 0.15) is 5.03 Å². The van der Waals surface area contributed by atoms with Gasteiger partial charge in [-0.05, 0) is 31.9 Å². The van der Waals surface area contributed by atoms with Crippen molar-refractivity contribution >= 4 is 11.9 Å². The number of hydrogen-bond acceptors (Lipinski definition) is 3. The maximum Gasteiger partial charge on any atom is 0.116 e. The molecule has 0 atom stereocenters. The number of pyridine rings is 1. The van der Waals surface area contributed by atoms with E-state index in [1.165, 1.54) is 10.6 Å². The number of rotatable bonds is 1. The number of hydrogen-bond donors (Lipinski definition) is 0. The molecule has 64 valence electrons. The minimum Gasteiger partial charge on any atom is -0.248 e. The third-order valence-electron chi connectivity index (χ3n) is 1.96. The van der Waals surface area contributed by atoms with Crippen LogP contribution in [0.25, 0.3) is 0 Å². The Labute approximate surface area is 77.1 Å². The number of aromatic nitrogens is 1. The molecule has 0 aromatic carbocycles. The minimum atomic E-state index is 0.587. The predicted octanol–water partition coefficient (Wildman–Crippen LogP) is 2.31. The molecule has 2 nitrogen and oxygen atoms in total. The molecule has 0 radical (unpaired) electrons. The summed E-state index contributed by atoms with van der Waals surface area (Å²) in [5.41, 5.74) is 1.36. The zero-order chi connectivity index (χ0) is 8.55. The Morgan fingerprint density at radius 1 is 1.58 bits per heavy atom. The van der Waals surface area contributed by atoms with Crippen LogP contribution in [0.4, 0.5) is 0 Å². The van der Waals surface area contributed by atoms with E-state index in [4.69, 9.17) is 0 Å². The van der Waals surface area contributed by atoms with Crippen LogP contribution in [0.5, 0.6) is 0 Å². The molecule has 2 heterocycles. The molecule has 0 saturated carbocycles. The molecule has 0 amide bonds. The fraction of sp³-hybridized carbons (Fsp3) is 0.444. The van der Waals surface area contributed by atoms with E-state index in [-0.39, 0.29) is 0 Å². The van der Waals surface area contributed by atoms with Crippen molar-refractivity contribution in [3.05, 3.63) is 23.9 Å². The molecule has 1 aromatic rings. The van der Waals surface area contributed by atoms with E-state index in [1.54, 1.807) is 11.9 Å². The Hall–Kier alpha value is -0.540. The Kier molecular flexibility index (Phi) is 2.07. The molecule has 1 aliphatic rings. The fourth-order valence-corrected chi connectivity index (χ4v) is 2.22. The molecule has 0 fully saturated rings. The molecule has 1 aromatic heterocycles. The summed E-state index contributed by atoms with van der Waals surface area (Å²) in [6.45, 7) is 5.45.